The molecule has 34 heavy (non-hydrogen) atoms. The minimum absolute atomic E-state index is 0.125. The number of aryl methyl sites for hydroxylation is 2. The van der Waals surface area contributed by atoms with Gasteiger partial charge < -0.3 is 13.7 Å². The van der Waals surface area contributed by atoms with E-state index in [1.165, 1.54) is 0 Å². The predicted molar refractivity (Wildman–Crippen MR) is 138 cm³/mol. The number of fused-ring (bicyclic) bond motifs is 4. The zero-order valence-electron chi connectivity index (χ0n) is 19.0. The number of hydrogen-bond acceptors (Lipinski definition) is 5. The smallest absolute Gasteiger partial charge is 0.200 e. The molecule has 0 atom stereocenters. The van der Waals surface area contributed by atoms with Crippen LogP contribution in [0.2, 0.25) is 0 Å². The maximum Gasteiger partial charge on any atom is 0.200 e. The van der Waals surface area contributed by atoms with Gasteiger partial charge in [0.1, 0.15) is 22.3 Å². The normalized spacial score (nSPS) is 11.6. The minimum Gasteiger partial charge on any atom is -0.455 e. The molecule has 6 rings (SSSR count). The lowest BCUT2D eigenvalue weighted by Gasteiger charge is -2.19. The summed E-state index contributed by atoms with van der Waals surface area (Å²) in [4.78, 5) is 29.0. The van der Waals surface area contributed by atoms with E-state index in [4.69, 9.17) is 8.83 Å². The Bertz CT molecular complexity index is 1880. The molecule has 0 aliphatic rings. The van der Waals surface area contributed by atoms with E-state index >= 15 is 0 Å². The summed E-state index contributed by atoms with van der Waals surface area (Å²) in [6, 6.07) is 22.7. The van der Waals surface area contributed by atoms with Crippen LogP contribution in [0.4, 0.5) is 11.4 Å². The summed E-state index contributed by atoms with van der Waals surface area (Å²) in [5, 5.41) is 1.89. The van der Waals surface area contributed by atoms with Crippen molar-refractivity contribution in [2.75, 3.05) is 11.9 Å². The quantitative estimate of drug-likeness (QED) is 0.280. The first-order valence-corrected chi connectivity index (χ1v) is 11.1. The van der Waals surface area contributed by atoms with Crippen LogP contribution in [0.15, 0.2) is 91.2 Å². The van der Waals surface area contributed by atoms with Crippen LogP contribution in [0.25, 0.3) is 43.9 Å². The van der Waals surface area contributed by atoms with E-state index in [1.54, 1.807) is 18.2 Å². The van der Waals surface area contributed by atoms with Crippen LogP contribution >= 0.6 is 0 Å². The maximum absolute atomic E-state index is 13.6. The Morgan fingerprint density at radius 1 is 0.618 bits per heavy atom. The van der Waals surface area contributed by atoms with Gasteiger partial charge >= 0.3 is 0 Å². The molecule has 2 heterocycles. The number of para-hydroxylation sites is 2. The standard InChI is InChI=1S/C29H21NO4/c1-16-25-27(32)21-14-13-19(30(3)18-9-5-4-6-10-18)15-23(21)34-29(25)17(2)24-26(31)20-11-7-8-12-22(20)33-28(16)24/h4-15H,1-3H3. The van der Waals surface area contributed by atoms with Gasteiger partial charge in [0.25, 0.3) is 0 Å². The van der Waals surface area contributed by atoms with E-state index in [-0.39, 0.29) is 10.9 Å². The average molecular weight is 447 g/mol. The van der Waals surface area contributed by atoms with Crippen molar-refractivity contribution < 1.29 is 8.83 Å². The number of benzene rings is 4. The second-order valence-electron chi connectivity index (χ2n) is 8.59. The summed E-state index contributed by atoms with van der Waals surface area (Å²) in [6.45, 7) is 3.62. The van der Waals surface area contributed by atoms with Crippen LogP contribution in [-0.2, 0) is 0 Å². The molecule has 5 heteroatoms. The number of hydrogen-bond donors (Lipinski definition) is 0. The molecule has 2 aromatic heterocycles. The van der Waals surface area contributed by atoms with Crippen molar-refractivity contribution in [3.8, 4) is 0 Å². The Balaban J connectivity index is 1.70. The Morgan fingerprint density at radius 2 is 1.18 bits per heavy atom. The van der Waals surface area contributed by atoms with E-state index in [1.807, 2.05) is 80.4 Å². The third-order valence-corrected chi connectivity index (χ3v) is 6.64. The Morgan fingerprint density at radius 3 is 1.85 bits per heavy atom. The molecular weight excluding hydrogens is 426 g/mol. The molecule has 0 amide bonds. The molecule has 166 valence electrons. The molecule has 0 fully saturated rings. The van der Waals surface area contributed by atoms with E-state index in [0.717, 1.165) is 11.4 Å². The SMILES string of the molecule is Cc1c2oc3cc(N(C)c4ccccc4)ccc3c(=O)c2c(C)c2oc3ccccc3c(=O)c12. The summed E-state index contributed by atoms with van der Waals surface area (Å²) in [7, 11) is 1.97. The number of anilines is 2. The number of nitrogens with zero attached hydrogens (tertiary/aromatic N) is 1. The molecular formula is C29H21NO4. The fourth-order valence-corrected chi connectivity index (χ4v) is 4.77. The molecule has 4 aromatic carbocycles. The zero-order valence-corrected chi connectivity index (χ0v) is 19.0. The van der Waals surface area contributed by atoms with Gasteiger partial charge in [-0.2, -0.15) is 0 Å². The molecule has 0 bridgehead atoms. The lowest BCUT2D eigenvalue weighted by molar-refractivity contribution is 0.647. The van der Waals surface area contributed by atoms with Crippen molar-refractivity contribution in [3.63, 3.8) is 0 Å². The third-order valence-electron chi connectivity index (χ3n) is 6.64. The van der Waals surface area contributed by atoms with Crippen molar-refractivity contribution in [1.82, 2.24) is 0 Å². The summed E-state index contributed by atoms with van der Waals surface area (Å²) >= 11 is 0. The average Bonchev–Trinajstić information content (AvgIpc) is 2.87. The summed E-state index contributed by atoms with van der Waals surface area (Å²) < 4.78 is 12.5. The van der Waals surface area contributed by atoms with Gasteiger partial charge in [0.2, 0.25) is 10.9 Å². The molecule has 0 aliphatic carbocycles. The van der Waals surface area contributed by atoms with Crippen molar-refractivity contribution in [3.05, 3.63) is 104 Å². The lowest BCUT2D eigenvalue weighted by atomic mass is 9.98. The van der Waals surface area contributed by atoms with E-state index < -0.39 is 0 Å². The molecule has 6 aromatic rings. The highest BCUT2D eigenvalue weighted by molar-refractivity contribution is 6.06. The van der Waals surface area contributed by atoms with E-state index in [0.29, 0.717) is 55.0 Å². The van der Waals surface area contributed by atoms with Gasteiger partial charge in [-0.05, 0) is 50.2 Å². The minimum atomic E-state index is -0.136. The maximum atomic E-state index is 13.6. The Labute approximate surface area is 194 Å². The summed E-state index contributed by atoms with van der Waals surface area (Å²) in [5.41, 5.74) is 4.70. The molecule has 0 unspecified atom stereocenters. The third kappa shape index (κ3) is 2.80. The highest BCUT2D eigenvalue weighted by atomic mass is 16.3. The fourth-order valence-electron chi connectivity index (χ4n) is 4.77. The highest BCUT2D eigenvalue weighted by Gasteiger charge is 2.21. The van der Waals surface area contributed by atoms with Gasteiger partial charge in [0, 0.05) is 35.6 Å². The molecule has 0 saturated carbocycles. The molecule has 0 spiro atoms. The van der Waals surface area contributed by atoms with Crippen LogP contribution < -0.4 is 15.8 Å². The molecule has 0 radical (unpaired) electrons. The van der Waals surface area contributed by atoms with Crippen molar-refractivity contribution in [1.29, 1.82) is 0 Å². The van der Waals surface area contributed by atoms with E-state index in [2.05, 4.69) is 0 Å². The Kier molecular flexibility index (Phi) is 4.36. The van der Waals surface area contributed by atoms with Gasteiger partial charge in [-0.25, -0.2) is 0 Å². The largest absolute Gasteiger partial charge is 0.455 e. The fraction of sp³-hybridized carbons (Fsp3) is 0.103. The van der Waals surface area contributed by atoms with Crippen LogP contribution in [0.3, 0.4) is 0 Å². The first-order chi connectivity index (χ1) is 16.5. The first kappa shape index (κ1) is 20.2. The molecule has 5 nitrogen and oxygen atoms in total. The van der Waals surface area contributed by atoms with Gasteiger partial charge in [0.15, 0.2) is 0 Å². The topological polar surface area (TPSA) is 63.7 Å². The van der Waals surface area contributed by atoms with Crippen molar-refractivity contribution >= 4 is 55.3 Å². The molecule has 0 N–H and O–H groups in total. The Hall–Kier alpha value is -4.38. The van der Waals surface area contributed by atoms with Crippen LogP contribution in [0, 0.1) is 13.8 Å². The summed E-state index contributed by atoms with van der Waals surface area (Å²) in [6.07, 6.45) is 0. The van der Waals surface area contributed by atoms with Crippen LogP contribution in [-0.4, -0.2) is 7.05 Å². The zero-order chi connectivity index (χ0) is 23.6. The number of rotatable bonds is 2. The second kappa shape index (κ2) is 7.32. The monoisotopic (exact) mass is 447 g/mol. The first-order valence-electron chi connectivity index (χ1n) is 11.1. The van der Waals surface area contributed by atoms with Gasteiger partial charge in [-0.15, -0.1) is 0 Å². The van der Waals surface area contributed by atoms with Crippen molar-refractivity contribution in [2.24, 2.45) is 0 Å². The lowest BCUT2D eigenvalue weighted by Crippen LogP contribution is -2.11. The van der Waals surface area contributed by atoms with Crippen LogP contribution in [0.1, 0.15) is 11.1 Å². The van der Waals surface area contributed by atoms with Crippen molar-refractivity contribution in [2.45, 2.75) is 13.8 Å². The van der Waals surface area contributed by atoms with E-state index in [9.17, 15) is 9.59 Å². The van der Waals surface area contributed by atoms with Crippen LogP contribution in [0.5, 0.6) is 0 Å². The van der Waals surface area contributed by atoms with Gasteiger partial charge in [0.05, 0.1) is 21.5 Å². The second-order valence-corrected chi connectivity index (χ2v) is 8.59. The van der Waals surface area contributed by atoms with Gasteiger partial charge in [-0.3, -0.25) is 9.59 Å². The predicted octanol–water partition coefficient (Wildman–Crippen LogP) is 6.59. The molecule has 0 aliphatic heterocycles. The highest BCUT2D eigenvalue weighted by Crippen LogP contribution is 2.34. The molecule has 0 saturated heterocycles. The summed E-state index contributed by atoms with van der Waals surface area (Å²) in [5.74, 6) is 0. The van der Waals surface area contributed by atoms with Gasteiger partial charge in [-0.1, -0.05) is 30.3 Å².